The van der Waals surface area contributed by atoms with Crippen molar-refractivity contribution in [3.8, 4) is 11.5 Å². The molecule has 0 saturated heterocycles. The zero-order chi connectivity index (χ0) is 16.8. The Morgan fingerprint density at radius 1 is 1.22 bits per heavy atom. The number of methoxy groups -OCH3 is 1. The third-order valence-electron chi connectivity index (χ3n) is 2.96. The topological polar surface area (TPSA) is 47.6 Å². The number of hydrogen-bond acceptors (Lipinski definition) is 3. The Balaban J connectivity index is 2.01. The Morgan fingerprint density at radius 3 is 2.52 bits per heavy atom. The number of alkyl halides is 2. The summed E-state index contributed by atoms with van der Waals surface area (Å²) in [5.41, 5.74) is 1.12. The van der Waals surface area contributed by atoms with E-state index in [-0.39, 0.29) is 18.1 Å². The van der Waals surface area contributed by atoms with E-state index in [1.165, 1.54) is 31.4 Å². The summed E-state index contributed by atoms with van der Waals surface area (Å²) in [5.74, 6) is 0.299. The molecule has 0 radical (unpaired) electrons. The molecule has 2 rings (SSSR count). The van der Waals surface area contributed by atoms with Crippen molar-refractivity contribution in [1.82, 2.24) is 0 Å². The van der Waals surface area contributed by atoms with E-state index in [4.69, 9.17) is 16.3 Å². The minimum absolute atomic E-state index is 0.0227. The summed E-state index contributed by atoms with van der Waals surface area (Å²) >= 11 is 5.91. The minimum atomic E-state index is -2.88. The first-order valence-corrected chi connectivity index (χ1v) is 7.03. The van der Waals surface area contributed by atoms with Crippen molar-refractivity contribution < 1.29 is 23.0 Å². The molecule has 4 nitrogen and oxygen atoms in total. The van der Waals surface area contributed by atoms with Gasteiger partial charge in [0, 0.05) is 16.3 Å². The lowest BCUT2D eigenvalue weighted by atomic mass is 10.1. The van der Waals surface area contributed by atoms with Gasteiger partial charge in [0.25, 0.3) is 0 Å². The molecular formula is C16H14ClF2NO3. The number of ether oxygens (including phenoxy) is 2. The molecule has 7 heteroatoms. The van der Waals surface area contributed by atoms with Crippen molar-refractivity contribution >= 4 is 23.2 Å². The second kappa shape index (κ2) is 7.78. The van der Waals surface area contributed by atoms with Gasteiger partial charge in [0.15, 0.2) is 0 Å². The summed E-state index contributed by atoms with van der Waals surface area (Å²) in [6, 6.07) is 10.7. The predicted octanol–water partition coefficient (Wildman–Crippen LogP) is 4.13. The Bertz CT molecular complexity index is 678. The van der Waals surface area contributed by atoms with Crippen LogP contribution in [0.15, 0.2) is 42.5 Å². The third-order valence-corrected chi connectivity index (χ3v) is 3.19. The maximum absolute atomic E-state index is 12.1. The smallest absolute Gasteiger partial charge is 0.387 e. The highest BCUT2D eigenvalue weighted by Gasteiger charge is 2.10. The first kappa shape index (κ1) is 17.0. The SMILES string of the molecule is COc1ccc(Cl)cc1CC(=O)Nc1ccc(OC(F)F)cc1. The van der Waals surface area contributed by atoms with Crippen LogP contribution < -0.4 is 14.8 Å². The van der Waals surface area contributed by atoms with Crippen molar-refractivity contribution in [1.29, 1.82) is 0 Å². The molecule has 0 aromatic heterocycles. The fourth-order valence-corrected chi connectivity index (χ4v) is 2.18. The molecule has 0 fully saturated rings. The van der Waals surface area contributed by atoms with E-state index in [0.29, 0.717) is 22.0 Å². The zero-order valence-electron chi connectivity index (χ0n) is 12.2. The number of nitrogens with one attached hydrogen (secondary N) is 1. The van der Waals surface area contributed by atoms with Crippen molar-refractivity contribution in [3.63, 3.8) is 0 Å². The molecule has 0 heterocycles. The summed E-state index contributed by atoms with van der Waals surface area (Å²) in [5, 5.41) is 3.16. The molecule has 23 heavy (non-hydrogen) atoms. The Labute approximate surface area is 137 Å². The maximum atomic E-state index is 12.1. The van der Waals surface area contributed by atoms with E-state index in [9.17, 15) is 13.6 Å². The van der Waals surface area contributed by atoms with Gasteiger partial charge >= 0.3 is 6.61 Å². The Kier molecular flexibility index (Phi) is 5.76. The summed E-state index contributed by atoms with van der Waals surface area (Å²) < 4.78 is 33.5. The van der Waals surface area contributed by atoms with Gasteiger partial charge in [-0.05, 0) is 42.5 Å². The lowest BCUT2D eigenvalue weighted by molar-refractivity contribution is -0.115. The van der Waals surface area contributed by atoms with Crippen LogP contribution in [-0.2, 0) is 11.2 Å². The van der Waals surface area contributed by atoms with Gasteiger partial charge in [0.2, 0.25) is 5.91 Å². The Morgan fingerprint density at radius 2 is 1.91 bits per heavy atom. The van der Waals surface area contributed by atoms with Crippen LogP contribution in [0.4, 0.5) is 14.5 Å². The summed E-state index contributed by atoms with van der Waals surface area (Å²) in [6.45, 7) is -2.88. The molecule has 1 amide bonds. The van der Waals surface area contributed by atoms with Gasteiger partial charge in [-0.3, -0.25) is 4.79 Å². The second-order valence-electron chi connectivity index (χ2n) is 4.58. The van der Waals surface area contributed by atoms with E-state index < -0.39 is 6.61 Å². The van der Waals surface area contributed by atoms with Gasteiger partial charge in [0.05, 0.1) is 13.5 Å². The van der Waals surface area contributed by atoms with Crippen molar-refractivity contribution in [2.45, 2.75) is 13.0 Å². The molecule has 0 atom stereocenters. The van der Waals surface area contributed by atoms with Gasteiger partial charge in [0.1, 0.15) is 11.5 Å². The molecule has 0 aliphatic rings. The van der Waals surface area contributed by atoms with Gasteiger partial charge in [-0.25, -0.2) is 0 Å². The largest absolute Gasteiger partial charge is 0.496 e. The number of amides is 1. The molecule has 122 valence electrons. The molecule has 0 unspecified atom stereocenters. The third kappa shape index (κ3) is 5.10. The van der Waals surface area contributed by atoms with Crippen molar-refractivity contribution in [3.05, 3.63) is 53.1 Å². The average Bonchev–Trinajstić information content (AvgIpc) is 2.49. The molecule has 2 aromatic rings. The Hall–Kier alpha value is -2.34. The number of carbonyl (C=O) groups excluding carboxylic acids is 1. The number of anilines is 1. The molecule has 0 aliphatic carbocycles. The van der Waals surface area contributed by atoms with Crippen LogP contribution in [0.25, 0.3) is 0 Å². The first-order valence-electron chi connectivity index (χ1n) is 6.65. The molecule has 0 aliphatic heterocycles. The van der Waals surface area contributed by atoms with E-state index in [0.717, 1.165) is 0 Å². The number of hydrogen-bond donors (Lipinski definition) is 1. The van der Waals surface area contributed by atoms with Crippen LogP contribution in [0, 0.1) is 0 Å². The van der Waals surface area contributed by atoms with Gasteiger partial charge in [-0.15, -0.1) is 0 Å². The van der Waals surface area contributed by atoms with Crippen molar-refractivity contribution in [2.24, 2.45) is 0 Å². The molecule has 1 N–H and O–H groups in total. The average molecular weight is 342 g/mol. The van der Waals surface area contributed by atoms with Gasteiger partial charge in [-0.2, -0.15) is 8.78 Å². The fraction of sp³-hybridized carbons (Fsp3) is 0.188. The quantitative estimate of drug-likeness (QED) is 0.859. The molecular weight excluding hydrogens is 328 g/mol. The van der Waals surface area contributed by atoms with Crippen LogP contribution in [0.3, 0.4) is 0 Å². The molecule has 0 saturated carbocycles. The lowest BCUT2D eigenvalue weighted by Gasteiger charge is -2.10. The summed E-state index contributed by atoms with van der Waals surface area (Å²) in [7, 11) is 1.51. The standard InChI is InChI=1S/C16H14ClF2NO3/c1-22-14-7-2-11(17)8-10(14)9-15(21)20-12-3-5-13(6-4-12)23-16(18)19/h2-8,16H,9H2,1H3,(H,20,21). The monoisotopic (exact) mass is 341 g/mol. The zero-order valence-corrected chi connectivity index (χ0v) is 12.9. The minimum Gasteiger partial charge on any atom is -0.496 e. The fourth-order valence-electron chi connectivity index (χ4n) is 1.98. The van der Waals surface area contributed by atoms with Crippen LogP contribution in [0.1, 0.15) is 5.56 Å². The van der Waals surface area contributed by atoms with Crippen LogP contribution >= 0.6 is 11.6 Å². The molecule has 2 aromatic carbocycles. The highest BCUT2D eigenvalue weighted by Crippen LogP contribution is 2.24. The number of halogens is 3. The predicted molar refractivity (Wildman–Crippen MR) is 83.4 cm³/mol. The van der Waals surface area contributed by atoms with Gasteiger partial charge in [-0.1, -0.05) is 11.6 Å². The first-order chi connectivity index (χ1) is 11.0. The van der Waals surface area contributed by atoms with E-state index >= 15 is 0 Å². The van der Waals surface area contributed by atoms with E-state index in [1.807, 2.05) is 0 Å². The van der Waals surface area contributed by atoms with Crippen molar-refractivity contribution in [2.75, 3.05) is 12.4 Å². The number of rotatable bonds is 6. The maximum Gasteiger partial charge on any atom is 0.387 e. The van der Waals surface area contributed by atoms with E-state index in [2.05, 4.69) is 10.1 Å². The number of benzene rings is 2. The van der Waals surface area contributed by atoms with Gasteiger partial charge < -0.3 is 14.8 Å². The summed E-state index contributed by atoms with van der Waals surface area (Å²) in [4.78, 5) is 12.1. The molecule has 0 bridgehead atoms. The number of carbonyl (C=O) groups is 1. The highest BCUT2D eigenvalue weighted by molar-refractivity contribution is 6.30. The highest BCUT2D eigenvalue weighted by atomic mass is 35.5. The summed E-state index contributed by atoms with van der Waals surface area (Å²) in [6.07, 6.45) is 0.0685. The lowest BCUT2D eigenvalue weighted by Crippen LogP contribution is -2.15. The van der Waals surface area contributed by atoms with Crippen LogP contribution in [-0.4, -0.2) is 19.6 Å². The van der Waals surface area contributed by atoms with Crippen LogP contribution in [0.2, 0.25) is 5.02 Å². The molecule has 0 spiro atoms. The van der Waals surface area contributed by atoms with E-state index in [1.54, 1.807) is 18.2 Å². The normalized spacial score (nSPS) is 10.5. The second-order valence-corrected chi connectivity index (χ2v) is 5.02. The van der Waals surface area contributed by atoms with Crippen LogP contribution in [0.5, 0.6) is 11.5 Å².